The number of hydrogen-bond acceptors (Lipinski definition) is 4. The minimum atomic E-state index is -0.952. The van der Waals surface area contributed by atoms with Gasteiger partial charge in [0, 0.05) is 5.75 Å². The second-order valence-corrected chi connectivity index (χ2v) is 7.20. The van der Waals surface area contributed by atoms with Crippen molar-refractivity contribution in [1.29, 1.82) is 0 Å². The number of benzene rings is 1. The predicted octanol–water partition coefficient (Wildman–Crippen LogP) is 3.40. The first kappa shape index (κ1) is 15.1. The first-order valence-corrected chi connectivity index (χ1v) is 8.78. The van der Waals surface area contributed by atoms with Crippen molar-refractivity contribution in [3.8, 4) is 0 Å². The number of carboxylic acids is 1. The molecule has 0 aliphatic carbocycles. The highest BCUT2D eigenvalue weighted by Crippen LogP contribution is 2.42. The molecule has 1 N–H and O–H groups in total. The topological polar surface area (TPSA) is 57.6 Å². The van der Waals surface area contributed by atoms with Crippen LogP contribution in [0.25, 0.3) is 0 Å². The van der Waals surface area contributed by atoms with E-state index in [1.807, 2.05) is 36.6 Å². The predicted molar refractivity (Wildman–Crippen MR) is 88.3 cm³/mol. The fourth-order valence-electron chi connectivity index (χ4n) is 2.46. The van der Waals surface area contributed by atoms with Crippen molar-refractivity contribution in [3.05, 3.63) is 57.8 Å². The van der Waals surface area contributed by atoms with Crippen LogP contribution in [0.4, 0.5) is 0 Å². The molecule has 1 aromatic heterocycles. The van der Waals surface area contributed by atoms with E-state index in [1.165, 1.54) is 28.0 Å². The molecule has 1 aliphatic heterocycles. The van der Waals surface area contributed by atoms with E-state index in [0.717, 1.165) is 11.1 Å². The van der Waals surface area contributed by atoms with Crippen LogP contribution in [0.3, 0.4) is 0 Å². The van der Waals surface area contributed by atoms with E-state index in [9.17, 15) is 14.7 Å². The Balaban J connectivity index is 1.96. The lowest BCUT2D eigenvalue weighted by atomic mass is 10.1. The van der Waals surface area contributed by atoms with Crippen LogP contribution in [0.5, 0.6) is 0 Å². The maximum atomic E-state index is 12.7. The number of aryl methyl sites for hydroxylation is 1. The molecule has 1 aromatic carbocycles. The van der Waals surface area contributed by atoms with Crippen LogP contribution in [0, 0.1) is 6.92 Å². The van der Waals surface area contributed by atoms with Crippen molar-refractivity contribution in [2.24, 2.45) is 0 Å². The Labute approximate surface area is 136 Å². The van der Waals surface area contributed by atoms with Crippen molar-refractivity contribution < 1.29 is 14.7 Å². The third-order valence-electron chi connectivity index (χ3n) is 3.61. The molecule has 114 valence electrons. The van der Waals surface area contributed by atoms with Crippen molar-refractivity contribution >= 4 is 35.0 Å². The Morgan fingerprint density at radius 2 is 1.95 bits per heavy atom. The maximum Gasteiger partial charge on any atom is 0.327 e. The third kappa shape index (κ3) is 2.76. The van der Waals surface area contributed by atoms with E-state index in [2.05, 4.69) is 0 Å². The van der Waals surface area contributed by atoms with Gasteiger partial charge in [0.05, 0.1) is 4.88 Å². The molecule has 1 saturated heterocycles. The number of rotatable bonds is 3. The molecule has 2 unspecified atom stereocenters. The van der Waals surface area contributed by atoms with E-state index in [0.29, 0.717) is 10.6 Å². The van der Waals surface area contributed by atoms with E-state index >= 15 is 0 Å². The molecule has 1 fully saturated rings. The monoisotopic (exact) mass is 333 g/mol. The number of thioether (sulfide) groups is 1. The Morgan fingerprint density at radius 3 is 2.55 bits per heavy atom. The summed E-state index contributed by atoms with van der Waals surface area (Å²) in [5, 5.41) is 11.0. The molecule has 2 heterocycles. The van der Waals surface area contributed by atoms with Gasteiger partial charge in [-0.25, -0.2) is 4.79 Å². The summed E-state index contributed by atoms with van der Waals surface area (Å²) in [4.78, 5) is 26.3. The number of hydrogen-bond donors (Lipinski definition) is 1. The number of nitrogens with zero attached hydrogens (tertiary/aromatic N) is 1. The molecule has 2 aromatic rings. The van der Waals surface area contributed by atoms with Gasteiger partial charge < -0.3 is 10.0 Å². The molecule has 6 heteroatoms. The molecule has 3 rings (SSSR count). The molecule has 4 nitrogen and oxygen atoms in total. The van der Waals surface area contributed by atoms with Crippen LogP contribution >= 0.6 is 23.1 Å². The lowest BCUT2D eigenvalue weighted by Crippen LogP contribution is -2.42. The van der Waals surface area contributed by atoms with Crippen LogP contribution in [0.15, 0.2) is 41.8 Å². The van der Waals surface area contributed by atoms with Gasteiger partial charge in [-0.1, -0.05) is 35.9 Å². The Hall–Kier alpha value is -1.79. The van der Waals surface area contributed by atoms with E-state index in [4.69, 9.17) is 0 Å². The SMILES string of the molecule is Cc1ccc(C2SCC(C(=O)O)N2C(=O)c2cccs2)cc1. The third-order valence-corrected chi connectivity index (χ3v) is 5.80. The van der Waals surface area contributed by atoms with Gasteiger partial charge in [0.1, 0.15) is 11.4 Å². The molecule has 0 saturated carbocycles. The van der Waals surface area contributed by atoms with Crippen LogP contribution in [-0.2, 0) is 4.79 Å². The molecule has 1 amide bonds. The van der Waals surface area contributed by atoms with Crippen molar-refractivity contribution in [2.75, 3.05) is 5.75 Å². The van der Waals surface area contributed by atoms with Gasteiger partial charge in [-0.15, -0.1) is 23.1 Å². The van der Waals surface area contributed by atoms with Crippen molar-refractivity contribution in [1.82, 2.24) is 4.90 Å². The lowest BCUT2D eigenvalue weighted by molar-refractivity contribution is -0.141. The van der Waals surface area contributed by atoms with Crippen LogP contribution in [0.1, 0.15) is 26.2 Å². The smallest absolute Gasteiger partial charge is 0.327 e. The lowest BCUT2D eigenvalue weighted by Gasteiger charge is -2.27. The summed E-state index contributed by atoms with van der Waals surface area (Å²) >= 11 is 2.84. The van der Waals surface area contributed by atoms with E-state index in [-0.39, 0.29) is 11.3 Å². The summed E-state index contributed by atoms with van der Waals surface area (Å²) < 4.78 is 0. The maximum absolute atomic E-state index is 12.7. The van der Waals surface area contributed by atoms with Crippen molar-refractivity contribution in [3.63, 3.8) is 0 Å². The standard InChI is InChI=1S/C16H15NO3S2/c1-10-4-6-11(7-5-10)15-17(12(9-22-15)16(19)20)14(18)13-3-2-8-21-13/h2-8,12,15H,9H2,1H3,(H,19,20). The Kier molecular flexibility index (Phi) is 4.22. The normalized spacial score (nSPS) is 21.0. The largest absolute Gasteiger partial charge is 0.480 e. The summed E-state index contributed by atoms with van der Waals surface area (Å²) in [5.74, 6) is -0.754. The molecule has 0 radical (unpaired) electrons. The van der Waals surface area contributed by atoms with Gasteiger partial charge in [-0.3, -0.25) is 4.79 Å². The van der Waals surface area contributed by atoms with Crippen LogP contribution in [0.2, 0.25) is 0 Å². The van der Waals surface area contributed by atoms with E-state index < -0.39 is 12.0 Å². The average molecular weight is 333 g/mol. The minimum Gasteiger partial charge on any atom is -0.480 e. The Bertz CT molecular complexity index is 682. The van der Waals surface area contributed by atoms with Gasteiger partial charge in [0.25, 0.3) is 5.91 Å². The molecular weight excluding hydrogens is 318 g/mol. The summed E-state index contributed by atoms with van der Waals surface area (Å²) in [6, 6.07) is 10.7. The first-order valence-electron chi connectivity index (χ1n) is 6.85. The fourth-order valence-corrected chi connectivity index (χ4v) is 4.55. The summed E-state index contributed by atoms with van der Waals surface area (Å²) in [6.07, 6.45) is 0. The highest BCUT2D eigenvalue weighted by atomic mass is 32.2. The first-order chi connectivity index (χ1) is 10.6. The number of carbonyl (C=O) groups is 2. The second-order valence-electron chi connectivity index (χ2n) is 5.14. The molecule has 0 spiro atoms. The molecular formula is C16H15NO3S2. The van der Waals surface area contributed by atoms with Gasteiger partial charge in [0.15, 0.2) is 0 Å². The summed E-state index contributed by atoms with van der Waals surface area (Å²) in [6.45, 7) is 2.00. The number of amides is 1. The zero-order chi connectivity index (χ0) is 15.7. The van der Waals surface area contributed by atoms with Gasteiger partial charge in [0.2, 0.25) is 0 Å². The highest BCUT2D eigenvalue weighted by Gasteiger charge is 2.42. The summed E-state index contributed by atoms with van der Waals surface area (Å²) in [5.41, 5.74) is 2.10. The number of thiophene rings is 1. The second kappa shape index (κ2) is 6.14. The number of carboxylic acid groups (broad SMARTS) is 1. The number of aliphatic carboxylic acids is 1. The molecule has 22 heavy (non-hydrogen) atoms. The van der Waals surface area contributed by atoms with Crippen LogP contribution in [-0.4, -0.2) is 33.7 Å². The zero-order valence-electron chi connectivity index (χ0n) is 11.9. The van der Waals surface area contributed by atoms with Gasteiger partial charge in [-0.05, 0) is 23.9 Å². The Morgan fingerprint density at radius 1 is 1.23 bits per heavy atom. The summed E-state index contributed by atoms with van der Waals surface area (Å²) in [7, 11) is 0. The number of carbonyl (C=O) groups excluding carboxylic acids is 1. The highest BCUT2D eigenvalue weighted by molar-refractivity contribution is 7.99. The minimum absolute atomic E-state index is 0.210. The molecule has 1 aliphatic rings. The van der Waals surface area contributed by atoms with Gasteiger partial charge in [-0.2, -0.15) is 0 Å². The molecule has 2 atom stereocenters. The fraction of sp³-hybridized carbons (Fsp3) is 0.250. The van der Waals surface area contributed by atoms with E-state index in [1.54, 1.807) is 12.1 Å². The quantitative estimate of drug-likeness (QED) is 0.935. The average Bonchev–Trinajstić information content (AvgIpc) is 3.17. The van der Waals surface area contributed by atoms with Gasteiger partial charge >= 0.3 is 5.97 Å². The molecule has 0 bridgehead atoms. The zero-order valence-corrected chi connectivity index (χ0v) is 13.6. The van der Waals surface area contributed by atoms with Crippen molar-refractivity contribution in [2.45, 2.75) is 18.3 Å². The van der Waals surface area contributed by atoms with Crippen LogP contribution < -0.4 is 0 Å².